The minimum Gasteiger partial charge on any atom is -0.382 e. The summed E-state index contributed by atoms with van der Waals surface area (Å²) in [6, 6.07) is 2.98. The van der Waals surface area contributed by atoms with Crippen LogP contribution in [0.2, 0.25) is 0 Å². The van der Waals surface area contributed by atoms with Crippen LogP contribution in [0.1, 0.15) is 31.9 Å². The molecule has 1 atom stereocenters. The van der Waals surface area contributed by atoms with E-state index in [2.05, 4.69) is 15.6 Å². The van der Waals surface area contributed by atoms with Gasteiger partial charge in [0.2, 0.25) is 5.91 Å². The highest BCUT2D eigenvalue weighted by Crippen LogP contribution is 2.17. The molecule has 0 aliphatic heterocycles. The fourth-order valence-corrected chi connectivity index (χ4v) is 2.10. The van der Waals surface area contributed by atoms with Crippen LogP contribution in [-0.2, 0) is 9.53 Å². The first kappa shape index (κ1) is 25.5. The second-order valence-electron chi connectivity index (χ2n) is 5.96. The molecule has 1 amide bonds. The number of nitrogens with one attached hydrogen (secondary N) is 2. The molecule has 0 saturated heterocycles. The van der Waals surface area contributed by atoms with E-state index in [1.807, 2.05) is 6.92 Å². The highest BCUT2D eigenvalue weighted by atomic mass is 127. The van der Waals surface area contributed by atoms with Crippen molar-refractivity contribution < 1.29 is 18.3 Å². The van der Waals surface area contributed by atoms with Crippen LogP contribution in [0.3, 0.4) is 0 Å². The van der Waals surface area contributed by atoms with Gasteiger partial charge in [-0.1, -0.05) is 6.07 Å². The Bertz CT molecular complexity index is 615. The van der Waals surface area contributed by atoms with E-state index < -0.39 is 17.7 Å². The van der Waals surface area contributed by atoms with Gasteiger partial charge in [0.15, 0.2) is 5.96 Å². The van der Waals surface area contributed by atoms with Crippen LogP contribution in [-0.4, -0.2) is 57.2 Å². The molecule has 0 aliphatic carbocycles. The molecule has 0 aliphatic rings. The second kappa shape index (κ2) is 13.6. The number of guanidine groups is 1. The zero-order chi connectivity index (χ0) is 19.5. The molecule has 0 aromatic heterocycles. The van der Waals surface area contributed by atoms with E-state index in [0.717, 1.165) is 12.5 Å². The first-order chi connectivity index (χ1) is 12.3. The number of rotatable bonds is 9. The quantitative estimate of drug-likeness (QED) is 0.238. The van der Waals surface area contributed by atoms with Crippen molar-refractivity contribution in [2.24, 2.45) is 4.99 Å². The Morgan fingerprint density at radius 2 is 2.04 bits per heavy atom. The van der Waals surface area contributed by atoms with Crippen LogP contribution >= 0.6 is 24.0 Å². The van der Waals surface area contributed by atoms with Gasteiger partial charge in [-0.3, -0.25) is 4.79 Å². The molecular weight excluding hydrogens is 469 g/mol. The minimum atomic E-state index is -0.634. The minimum absolute atomic E-state index is 0. The fraction of sp³-hybridized carbons (Fsp3) is 0.556. The Hall–Kier alpha value is -1.49. The van der Waals surface area contributed by atoms with Crippen molar-refractivity contribution in [3.05, 3.63) is 35.4 Å². The van der Waals surface area contributed by atoms with Gasteiger partial charge in [0.25, 0.3) is 0 Å². The number of halogens is 3. The molecule has 0 radical (unpaired) electrons. The van der Waals surface area contributed by atoms with Crippen LogP contribution in [0.5, 0.6) is 0 Å². The Labute approximate surface area is 176 Å². The summed E-state index contributed by atoms with van der Waals surface area (Å²) in [6.07, 6.45) is 0.759. The number of benzene rings is 1. The van der Waals surface area contributed by atoms with E-state index >= 15 is 0 Å². The van der Waals surface area contributed by atoms with E-state index in [0.29, 0.717) is 31.3 Å². The van der Waals surface area contributed by atoms with E-state index in [-0.39, 0.29) is 36.4 Å². The van der Waals surface area contributed by atoms with E-state index in [1.165, 1.54) is 17.0 Å². The molecule has 1 aromatic carbocycles. The van der Waals surface area contributed by atoms with Gasteiger partial charge in [-0.2, -0.15) is 0 Å². The maximum absolute atomic E-state index is 13.9. The van der Waals surface area contributed by atoms with Crippen LogP contribution in [0, 0.1) is 11.6 Å². The summed E-state index contributed by atoms with van der Waals surface area (Å²) in [4.78, 5) is 17.4. The summed E-state index contributed by atoms with van der Waals surface area (Å²) >= 11 is 0. The molecule has 0 fully saturated rings. The van der Waals surface area contributed by atoms with E-state index in [1.54, 1.807) is 21.0 Å². The lowest BCUT2D eigenvalue weighted by Gasteiger charge is -2.19. The SMILES string of the molecule is CCOCCCNC(=NCC(=O)N(C)C)NC(C)c1ccc(F)cc1F.I. The maximum Gasteiger partial charge on any atom is 0.243 e. The van der Waals surface area contributed by atoms with Gasteiger partial charge >= 0.3 is 0 Å². The molecule has 0 spiro atoms. The number of nitrogens with zero attached hydrogens (tertiary/aromatic N) is 2. The first-order valence-corrected chi connectivity index (χ1v) is 8.62. The third-order valence-corrected chi connectivity index (χ3v) is 3.62. The standard InChI is InChI=1S/C18H28F2N4O2.HI/c1-5-26-10-6-9-21-18(22-12-17(25)24(3)4)23-13(2)15-8-7-14(19)11-16(15)20;/h7-8,11,13H,5-6,9-10,12H2,1-4H3,(H2,21,22,23);1H. The molecule has 154 valence electrons. The predicted octanol–water partition coefficient (Wildman–Crippen LogP) is 2.69. The summed E-state index contributed by atoms with van der Waals surface area (Å²) in [5.74, 6) is -1.03. The van der Waals surface area contributed by atoms with Crippen molar-refractivity contribution in [3.63, 3.8) is 0 Å². The molecule has 9 heteroatoms. The highest BCUT2D eigenvalue weighted by molar-refractivity contribution is 14.0. The number of aliphatic imine (C=N–C) groups is 1. The van der Waals surface area contributed by atoms with Crippen LogP contribution in [0.25, 0.3) is 0 Å². The monoisotopic (exact) mass is 498 g/mol. The summed E-state index contributed by atoms with van der Waals surface area (Å²) in [5.41, 5.74) is 0.314. The average Bonchev–Trinajstić information content (AvgIpc) is 2.58. The zero-order valence-electron chi connectivity index (χ0n) is 16.2. The van der Waals surface area contributed by atoms with Crippen molar-refractivity contribution in [2.45, 2.75) is 26.3 Å². The lowest BCUT2D eigenvalue weighted by molar-refractivity contribution is -0.127. The van der Waals surface area contributed by atoms with E-state index in [4.69, 9.17) is 4.74 Å². The third-order valence-electron chi connectivity index (χ3n) is 3.62. The van der Waals surface area contributed by atoms with Gasteiger partial charge in [-0.05, 0) is 26.3 Å². The van der Waals surface area contributed by atoms with E-state index in [9.17, 15) is 13.6 Å². The van der Waals surface area contributed by atoms with Crippen molar-refractivity contribution in [1.82, 2.24) is 15.5 Å². The average molecular weight is 498 g/mol. The highest BCUT2D eigenvalue weighted by Gasteiger charge is 2.14. The molecule has 2 N–H and O–H groups in total. The number of carbonyl (C=O) groups excluding carboxylic acids is 1. The van der Waals surface area contributed by atoms with Crippen molar-refractivity contribution in [1.29, 1.82) is 0 Å². The normalized spacial score (nSPS) is 12.1. The van der Waals surface area contributed by atoms with Gasteiger partial charge < -0.3 is 20.3 Å². The Kier molecular flexibility index (Phi) is 12.9. The molecule has 27 heavy (non-hydrogen) atoms. The van der Waals surface area contributed by atoms with Crippen molar-refractivity contribution in [3.8, 4) is 0 Å². The van der Waals surface area contributed by atoms with Gasteiger partial charge in [0.05, 0.1) is 6.04 Å². The van der Waals surface area contributed by atoms with Gasteiger partial charge in [0.1, 0.15) is 18.2 Å². The number of amides is 1. The molecular formula is C18H29F2IN4O2. The number of ether oxygens (including phenoxy) is 1. The van der Waals surface area contributed by atoms with Gasteiger partial charge in [-0.15, -0.1) is 24.0 Å². The molecule has 1 rings (SSSR count). The number of hydrogen-bond acceptors (Lipinski definition) is 3. The Morgan fingerprint density at radius 1 is 1.33 bits per heavy atom. The lowest BCUT2D eigenvalue weighted by Crippen LogP contribution is -2.40. The fourth-order valence-electron chi connectivity index (χ4n) is 2.10. The van der Waals surface area contributed by atoms with Crippen LogP contribution in [0.4, 0.5) is 8.78 Å². The molecule has 0 heterocycles. The van der Waals surface area contributed by atoms with Crippen LogP contribution < -0.4 is 10.6 Å². The van der Waals surface area contributed by atoms with Gasteiger partial charge in [0, 0.05) is 45.5 Å². The summed E-state index contributed by atoms with van der Waals surface area (Å²) in [6.45, 7) is 5.47. The number of likely N-dealkylation sites (N-methyl/N-ethyl adjacent to an activating group) is 1. The summed E-state index contributed by atoms with van der Waals surface area (Å²) in [7, 11) is 3.30. The molecule has 0 saturated carbocycles. The van der Waals surface area contributed by atoms with Crippen molar-refractivity contribution >= 4 is 35.8 Å². The largest absolute Gasteiger partial charge is 0.382 e. The smallest absolute Gasteiger partial charge is 0.243 e. The Balaban J connectivity index is 0.00000676. The van der Waals surface area contributed by atoms with Crippen molar-refractivity contribution in [2.75, 3.05) is 40.4 Å². The first-order valence-electron chi connectivity index (χ1n) is 8.62. The lowest BCUT2D eigenvalue weighted by atomic mass is 10.1. The molecule has 6 nitrogen and oxygen atoms in total. The zero-order valence-corrected chi connectivity index (χ0v) is 18.6. The topological polar surface area (TPSA) is 66.0 Å². The number of carbonyl (C=O) groups is 1. The molecule has 0 bridgehead atoms. The van der Waals surface area contributed by atoms with Crippen LogP contribution in [0.15, 0.2) is 23.2 Å². The summed E-state index contributed by atoms with van der Waals surface area (Å²) in [5, 5.41) is 6.14. The summed E-state index contributed by atoms with van der Waals surface area (Å²) < 4.78 is 32.3. The second-order valence-corrected chi connectivity index (χ2v) is 5.96. The molecule has 1 aromatic rings. The predicted molar refractivity (Wildman–Crippen MR) is 113 cm³/mol. The van der Waals surface area contributed by atoms with Gasteiger partial charge in [-0.25, -0.2) is 13.8 Å². The Morgan fingerprint density at radius 3 is 2.63 bits per heavy atom. The third kappa shape index (κ3) is 9.85. The molecule has 1 unspecified atom stereocenters. The number of hydrogen-bond donors (Lipinski definition) is 2. The maximum atomic E-state index is 13.9.